The predicted molar refractivity (Wildman–Crippen MR) is 81.7 cm³/mol. The normalized spacial score (nSPS) is 22.2. The zero-order valence-corrected chi connectivity index (χ0v) is 12.2. The molecule has 2 unspecified atom stereocenters. The Morgan fingerprint density at radius 2 is 2.25 bits per heavy atom. The van der Waals surface area contributed by atoms with Crippen molar-refractivity contribution in [2.24, 2.45) is 0 Å². The summed E-state index contributed by atoms with van der Waals surface area (Å²) in [7, 11) is 0. The molecule has 0 aromatic heterocycles. The summed E-state index contributed by atoms with van der Waals surface area (Å²) in [5.74, 6) is 0. The molecule has 6 heteroatoms. The van der Waals surface area contributed by atoms with Crippen LogP contribution in [0, 0.1) is 10.1 Å². The fourth-order valence-corrected chi connectivity index (χ4v) is 3.43. The minimum Gasteiger partial charge on any atom is -0.377 e. The van der Waals surface area contributed by atoms with Gasteiger partial charge in [0.05, 0.1) is 4.92 Å². The first-order valence-electron chi connectivity index (χ1n) is 6.67. The molecular weight excluding hydrogens is 276 g/mol. The van der Waals surface area contributed by atoms with E-state index in [4.69, 9.17) is 0 Å². The second kappa shape index (κ2) is 6.74. The summed E-state index contributed by atoms with van der Waals surface area (Å²) in [5.41, 5.74) is 0.807. The predicted octanol–water partition coefficient (Wildman–Crippen LogP) is 3.49. The lowest BCUT2D eigenvalue weighted by molar-refractivity contribution is -0.384. The van der Waals surface area contributed by atoms with E-state index in [1.165, 1.54) is 12.5 Å². The van der Waals surface area contributed by atoms with Crippen LogP contribution in [0.25, 0.3) is 0 Å². The Kier molecular flexibility index (Phi) is 5.00. The van der Waals surface area contributed by atoms with Crippen molar-refractivity contribution in [1.82, 2.24) is 0 Å². The average molecular weight is 294 g/mol. The van der Waals surface area contributed by atoms with E-state index in [1.54, 1.807) is 12.1 Å². The molecule has 20 heavy (non-hydrogen) atoms. The van der Waals surface area contributed by atoms with Crippen LogP contribution in [0.2, 0.25) is 0 Å². The molecule has 108 valence electrons. The minimum atomic E-state index is -0.440. The first kappa shape index (κ1) is 14.8. The number of thioether (sulfide) groups is 1. The van der Waals surface area contributed by atoms with Crippen molar-refractivity contribution in [3.05, 3.63) is 33.9 Å². The third-order valence-corrected chi connectivity index (χ3v) is 4.77. The van der Waals surface area contributed by atoms with Gasteiger partial charge in [-0.2, -0.15) is 11.8 Å². The van der Waals surface area contributed by atoms with Crippen LogP contribution in [-0.2, 0) is 0 Å². The summed E-state index contributed by atoms with van der Waals surface area (Å²) in [6, 6.07) is 4.83. The van der Waals surface area contributed by atoms with Crippen LogP contribution in [0.15, 0.2) is 18.2 Å². The highest BCUT2D eigenvalue weighted by Gasteiger charge is 2.23. The number of anilines is 1. The van der Waals surface area contributed by atoms with Crippen LogP contribution >= 0.6 is 11.8 Å². The second-order valence-electron chi connectivity index (χ2n) is 5.02. The number of hydrogen-bond acceptors (Lipinski definition) is 5. The lowest BCUT2D eigenvalue weighted by Crippen LogP contribution is -2.28. The highest BCUT2D eigenvalue weighted by molar-refractivity contribution is 7.99. The van der Waals surface area contributed by atoms with Crippen LogP contribution in [0.3, 0.4) is 0 Å². The van der Waals surface area contributed by atoms with Gasteiger partial charge in [0, 0.05) is 22.9 Å². The first-order chi connectivity index (χ1) is 9.63. The van der Waals surface area contributed by atoms with Gasteiger partial charge in [-0.15, -0.1) is 0 Å². The molecule has 1 N–H and O–H groups in total. The molecule has 5 nitrogen and oxygen atoms in total. The first-order valence-corrected chi connectivity index (χ1v) is 7.95. The molecule has 0 radical (unpaired) electrons. The minimum absolute atomic E-state index is 0.0270. The maximum absolute atomic E-state index is 11.1. The van der Waals surface area contributed by atoms with E-state index in [0.29, 0.717) is 22.8 Å². The quantitative estimate of drug-likeness (QED) is 0.511. The number of carbonyl (C=O) groups excluding carboxylic acids is 1. The lowest BCUT2D eigenvalue weighted by Gasteiger charge is -2.29. The van der Waals surface area contributed by atoms with Crippen LogP contribution < -0.4 is 5.32 Å². The molecule has 1 aromatic rings. The summed E-state index contributed by atoms with van der Waals surface area (Å²) in [4.78, 5) is 21.4. The number of hydrogen-bond donors (Lipinski definition) is 1. The number of nitro benzene ring substituents is 1. The Hall–Kier alpha value is -1.56. The topological polar surface area (TPSA) is 72.2 Å². The van der Waals surface area contributed by atoms with E-state index in [0.717, 1.165) is 19.3 Å². The third kappa shape index (κ3) is 3.50. The molecule has 0 saturated heterocycles. The van der Waals surface area contributed by atoms with Gasteiger partial charge in [0.2, 0.25) is 0 Å². The van der Waals surface area contributed by atoms with Gasteiger partial charge in [0.1, 0.15) is 12.0 Å². The van der Waals surface area contributed by atoms with Crippen LogP contribution in [0.1, 0.15) is 36.0 Å². The van der Waals surface area contributed by atoms with Crippen LogP contribution in [0.4, 0.5) is 11.4 Å². The van der Waals surface area contributed by atoms with Gasteiger partial charge < -0.3 is 5.32 Å². The van der Waals surface area contributed by atoms with Crippen LogP contribution in [-0.4, -0.2) is 28.8 Å². The number of benzene rings is 1. The van der Waals surface area contributed by atoms with Gasteiger partial charge in [-0.3, -0.25) is 14.9 Å². The number of nitro groups is 1. The molecule has 0 spiro atoms. The van der Waals surface area contributed by atoms with Gasteiger partial charge in [-0.05, 0) is 37.7 Å². The highest BCUT2D eigenvalue weighted by atomic mass is 32.2. The maximum atomic E-state index is 11.1. The van der Waals surface area contributed by atoms with Gasteiger partial charge in [-0.25, -0.2) is 0 Å². The van der Waals surface area contributed by atoms with Gasteiger partial charge in [0.15, 0.2) is 0 Å². The molecule has 2 rings (SSSR count). The summed E-state index contributed by atoms with van der Waals surface area (Å²) >= 11 is 1.86. The molecule has 0 bridgehead atoms. The van der Waals surface area contributed by atoms with E-state index in [1.807, 2.05) is 11.8 Å². The smallest absolute Gasteiger partial charge is 0.293 e. The zero-order valence-electron chi connectivity index (χ0n) is 11.4. The Balaban J connectivity index is 2.16. The summed E-state index contributed by atoms with van der Waals surface area (Å²) in [6.07, 6.45) is 7.14. The Morgan fingerprint density at radius 3 is 2.90 bits per heavy atom. The number of aldehydes is 1. The molecule has 0 heterocycles. The largest absolute Gasteiger partial charge is 0.377 e. The summed E-state index contributed by atoms with van der Waals surface area (Å²) in [5, 5.41) is 15.0. The van der Waals surface area contributed by atoms with Crippen LogP contribution in [0.5, 0.6) is 0 Å². The standard InChI is InChI=1S/C14H18N2O3S/c1-20-12-4-2-3-11(8-12)15-13-6-5-10(9-17)7-14(13)16(18)19/h5-7,9,11-12,15H,2-4,8H2,1H3. The molecule has 0 aliphatic heterocycles. The van der Waals surface area contributed by atoms with E-state index < -0.39 is 4.92 Å². The monoisotopic (exact) mass is 294 g/mol. The van der Waals surface area contributed by atoms with E-state index in [9.17, 15) is 14.9 Å². The van der Waals surface area contributed by atoms with Crippen molar-refractivity contribution in [2.45, 2.75) is 37.0 Å². The number of carbonyl (C=O) groups is 1. The van der Waals surface area contributed by atoms with Gasteiger partial charge in [-0.1, -0.05) is 6.42 Å². The highest BCUT2D eigenvalue weighted by Crippen LogP contribution is 2.32. The molecular formula is C14H18N2O3S. The molecule has 2 atom stereocenters. The lowest BCUT2D eigenvalue weighted by atomic mass is 9.94. The van der Waals surface area contributed by atoms with Gasteiger partial charge >= 0.3 is 0 Å². The molecule has 1 aromatic carbocycles. The summed E-state index contributed by atoms with van der Waals surface area (Å²) < 4.78 is 0. The zero-order chi connectivity index (χ0) is 14.5. The number of rotatable bonds is 5. The Bertz CT molecular complexity index is 507. The fourth-order valence-electron chi connectivity index (χ4n) is 2.61. The molecule has 1 aliphatic rings. The maximum Gasteiger partial charge on any atom is 0.293 e. The molecule has 1 aliphatic carbocycles. The third-order valence-electron chi connectivity index (χ3n) is 3.67. The van der Waals surface area contributed by atoms with Gasteiger partial charge in [0.25, 0.3) is 5.69 Å². The van der Waals surface area contributed by atoms with Crippen molar-refractivity contribution in [1.29, 1.82) is 0 Å². The Labute approximate surface area is 122 Å². The number of nitrogens with one attached hydrogen (secondary N) is 1. The van der Waals surface area contributed by atoms with E-state index in [2.05, 4.69) is 11.6 Å². The summed E-state index contributed by atoms with van der Waals surface area (Å²) in [6.45, 7) is 0. The van der Waals surface area contributed by atoms with E-state index >= 15 is 0 Å². The molecule has 1 fully saturated rings. The average Bonchev–Trinajstić information content (AvgIpc) is 2.47. The van der Waals surface area contributed by atoms with Crippen molar-refractivity contribution < 1.29 is 9.72 Å². The van der Waals surface area contributed by atoms with Crippen molar-refractivity contribution in [2.75, 3.05) is 11.6 Å². The number of nitrogens with zero attached hydrogens (tertiary/aromatic N) is 1. The second-order valence-corrected chi connectivity index (χ2v) is 6.16. The molecule has 0 amide bonds. The Morgan fingerprint density at radius 1 is 1.45 bits per heavy atom. The fraction of sp³-hybridized carbons (Fsp3) is 0.500. The van der Waals surface area contributed by atoms with Crippen molar-refractivity contribution in [3.8, 4) is 0 Å². The van der Waals surface area contributed by atoms with E-state index in [-0.39, 0.29) is 11.7 Å². The SMILES string of the molecule is CSC1CCCC(Nc2ccc(C=O)cc2[N+](=O)[O-])C1. The van der Waals surface area contributed by atoms with Crippen molar-refractivity contribution in [3.63, 3.8) is 0 Å². The molecule has 1 saturated carbocycles. The van der Waals surface area contributed by atoms with Crippen molar-refractivity contribution >= 4 is 29.4 Å².